The summed E-state index contributed by atoms with van der Waals surface area (Å²) in [7, 11) is 0. The number of pyridine rings is 1. The van der Waals surface area contributed by atoms with Crippen LogP contribution in [0.5, 0.6) is 0 Å². The molecular formula is C15H11Cl2N3. The third-order valence-corrected chi connectivity index (χ3v) is 3.60. The molecule has 0 saturated heterocycles. The number of nitrogen functional groups attached to an aromatic ring is 1. The van der Waals surface area contributed by atoms with Gasteiger partial charge in [-0.25, -0.2) is 0 Å². The predicted octanol–water partition coefficient (Wildman–Crippen LogP) is 4.87. The number of fused-ring (bicyclic) bond motifs is 1. The number of nitrogens with two attached hydrogens (primary N) is 1. The summed E-state index contributed by atoms with van der Waals surface area (Å²) in [6.07, 6.45) is 3.56. The molecule has 3 nitrogen and oxygen atoms in total. The first-order chi connectivity index (χ1) is 9.65. The van der Waals surface area contributed by atoms with Crippen LogP contribution in [0.4, 0.5) is 17.1 Å². The van der Waals surface area contributed by atoms with Gasteiger partial charge in [0.05, 0.1) is 15.7 Å². The number of hydrogen-bond donors (Lipinski definition) is 2. The number of nitrogens with one attached hydrogen (secondary N) is 1. The third kappa shape index (κ3) is 2.38. The average Bonchev–Trinajstić information content (AvgIpc) is 2.43. The summed E-state index contributed by atoms with van der Waals surface area (Å²) in [5, 5.41) is 6.31. The Balaban J connectivity index is 2.10. The van der Waals surface area contributed by atoms with E-state index in [9.17, 15) is 0 Å². The first-order valence-electron chi connectivity index (χ1n) is 5.99. The standard InChI is InChI=1S/C15H11Cl2N3/c16-12-6-10(18)7-13(17)15(12)20-14-3-1-2-9-4-5-19-8-11(9)14/h1-8,20H,18H2. The summed E-state index contributed by atoms with van der Waals surface area (Å²) in [6.45, 7) is 0. The predicted molar refractivity (Wildman–Crippen MR) is 85.9 cm³/mol. The second-order valence-corrected chi connectivity index (χ2v) is 5.20. The fourth-order valence-corrected chi connectivity index (χ4v) is 2.67. The molecule has 0 spiro atoms. The van der Waals surface area contributed by atoms with E-state index in [1.807, 2.05) is 24.3 Å². The molecule has 0 atom stereocenters. The molecule has 2 aromatic carbocycles. The van der Waals surface area contributed by atoms with E-state index in [4.69, 9.17) is 28.9 Å². The second-order valence-electron chi connectivity index (χ2n) is 4.39. The van der Waals surface area contributed by atoms with Crippen molar-refractivity contribution in [1.29, 1.82) is 0 Å². The Labute approximate surface area is 126 Å². The largest absolute Gasteiger partial charge is 0.399 e. The summed E-state index contributed by atoms with van der Waals surface area (Å²) >= 11 is 12.4. The zero-order chi connectivity index (χ0) is 14.1. The molecule has 1 aromatic heterocycles. The van der Waals surface area contributed by atoms with Gasteiger partial charge < -0.3 is 11.1 Å². The van der Waals surface area contributed by atoms with E-state index in [0.717, 1.165) is 16.5 Å². The van der Waals surface area contributed by atoms with Crippen LogP contribution in [0.3, 0.4) is 0 Å². The lowest BCUT2D eigenvalue weighted by atomic mass is 10.1. The lowest BCUT2D eigenvalue weighted by Gasteiger charge is -2.13. The first-order valence-corrected chi connectivity index (χ1v) is 6.75. The average molecular weight is 304 g/mol. The van der Waals surface area contributed by atoms with Gasteiger partial charge in [0.25, 0.3) is 0 Å². The third-order valence-electron chi connectivity index (χ3n) is 3.01. The SMILES string of the molecule is Nc1cc(Cl)c(Nc2cccc3ccncc23)c(Cl)c1. The van der Waals surface area contributed by atoms with E-state index in [-0.39, 0.29) is 0 Å². The van der Waals surface area contributed by atoms with Crippen LogP contribution in [-0.2, 0) is 0 Å². The molecule has 0 radical (unpaired) electrons. The van der Waals surface area contributed by atoms with Crippen LogP contribution in [0.15, 0.2) is 48.8 Å². The molecule has 5 heteroatoms. The van der Waals surface area contributed by atoms with Crippen LogP contribution < -0.4 is 11.1 Å². The Bertz CT molecular complexity index is 759. The van der Waals surface area contributed by atoms with Gasteiger partial charge in [-0.2, -0.15) is 0 Å². The number of rotatable bonds is 2. The number of halogens is 2. The molecule has 0 fully saturated rings. The van der Waals surface area contributed by atoms with E-state index in [2.05, 4.69) is 10.3 Å². The Hall–Kier alpha value is -1.97. The zero-order valence-electron chi connectivity index (χ0n) is 10.4. The van der Waals surface area contributed by atoms with E-state index < -0.39 is 0 Å². The van der Waals surface area contributed by atoms with Crippen LogP contribution in [0.25, 0.3) is 10.8 Å². The van der Waals surface area contributed by atoms with Crippen molar-refractivity contribution in [3.8, 4) is 0 Å². The van der Waals surface area contributed by atoms with Crippen molar-refractivity contribution < 1.29 is 0 Å². The number of nitrogens with zero attached hydrogens (tertiary/aromatic N) is 1. The molecule has 3 N–H and O–H groups in total. The lowest BCUT2D eigenvalue weighted by Crippen LogP contribution is -1.95. The molecule has 0 saturated carbocycles. The highest BCUT2D eigenvalue weighted by Gasteiger charge is 2.09. The van der Waals surface area contributed by atoms with E-state index in [1.54, 1.807) is 24.5 Å². The van der Waals surface area contributed by atoms with Crippen molar-refractivity contribution >= 4 is 51.0 Å². The van der Waals surface area contributed by atoms with Gasteiger partial charge in [-0.05, 0) is 29.7 Å². The molecule has 0 amide bonds. The summed E-state index contributed by atoms with van der Waals surface area (Å²) in [5.74, 6) is 0. The Morgan fingerprint density at radius 1 is 1.05 bits per heavy atom. The summed E-state index contributed by atoms with van der Waals surface area (Å²) in [6, 6.07) is 11.2. The Morgan fingerprint density at radius 3 is 2.55 bits per heavy atom. The van der Waals surface area contributed by atoms with Gasteiger partial charge in [0, 0.05) is 29.2 Å². The Kier molecular flexibility index (Phi) is 3.38. The van der Waals surface area contributed by atoms with E-state index >= 15 is 0 Å². The topological polar surface area (TPSA) is 50.9 Å². The highest BCUT2D eigenvalue weighted by atomic mass is 35.5. The fraction of sp³-hybridized carbons (Fsp3) is 0. The minimum Gasteiger partial charge on any atom is -0.399 e. The van der Waals surface area contributed by atoms with Gasteiger partial charge in [-0.1, -0.05) is 35.3 Å². The van der Waals surface area contributed by atoms with Crippen LogP contribution in [0, 0.1) is 0 Å². The van der Waals surface area contributed by atoms with Crippen LogP contribution in [0.2, 0.25) is 10.0 Å². The molecule has 0 aliphatic rings. The number of anilines is 3. The second kappa shape index (κ2) is 5.19. The molecule has 0 aliphatic carbocycles. The minimum absolute atomic E-state index is 0.482. The molecule has 0 unspecified atom stereocenters. The maximum absolute atomic E-state index is 6.19. The van der Waals surface area contributed by atoms with Crippen molar-refractivity contribution in [2.45, 2.75) is 0 Å². The fourth-order valence-electron chi connectivity index (χ4n) is 2.07. The lowest BCUT2D eigenvalue weighted by molar-refractivity contribution is 1.36. The highest BCUT2D eigenvalue weighted by molar-refractivity contribution is 6.39. The van der Waals surface area contributed by atoms with E-state index in [1.165, 1.54) is 0 Å². The normalized spacial score (nSPS) is 10.7. The highest BCUT2D eigenvalue weighted by Crippen LogP contribution is 2.36. The van der Waals surface area contributed by atoms with Crippen molar-refractivity contribution in [2.75, 3.05) is 11.1 Å². The number of hydrogen-bond acceptors (Lipinski definition) is 3. The first kappa shape index (κ1) is 13.0. The van der Waals surface area contributed by atoms with Crippen LogP contribution in [0.1, 0.15) is 0 Å². The van der Waals surface area contributed by atoms with Gasteiger partial charge in [-0.15, -0.1) is 0 Å². The monoisotopic (exact) mass is 303 g/mol. The van der Waals surface area contributed by atoms with Crippen molar-refractivity contribution in [1.82, 2.24) is 4.98 Å². The summed E-state index contributed by atoms with van der Waals surface area (Å²) in [4.78, 5) is 4.15. The minimum atomic E-state index is 0.482. The molecule has 1 heterocycles. The summed E-state index contributed by atoms with van der Waals surface area (Å²) < 4.78 is 0. The maximum Gasteiger partial charge on any atom is 0.0764 e. The molecule has 3 rings (SSSR count). The van der Waals surface area contributed by atoms with Gasteiger partial charge in [-0.3, -0.25) is 4.98 Å². The van der Waals surface area contributed by atoms with Gasteiger partial charge in [0.1, 0.15) is 0 Å². The molecule has 0 bridgehead atoms. The zero-order valence-corrected chi connectivity index (χ0v) is 11.9. The van der Waals surface area contributed by atoms with Gasteiger partial charge in [0.15, 0.2) is 0 Å². The molecule has 3 aromatic rings. The summed E-state index contributed by atoms with van der Waals surface area (Å²) in [5.41, 5.74) is 7.77. The Morgan fingerprint density at radius 2 is 1.80 bits per heavy atom. The van der Waals surface area contributed by atoms with Crippen LogP contribution >= 0.6 is 23.2 Å². The maximum atomic E-state index is 6.19. The molecule has 20 heavy (non-hydrogen) atoms. The smallest absolute Gasteiger partial charge is 0.0764 e. The molecule has 0 aliphatic heterocycles. The van der Waals surface area contributed by atoms with Crippen molar-refractivity contribution in [3.05, 3.63) is 58.8 Å². The van der Waals surface area contributed by atoms with Crippen LogP contribution in [-0.4, -0.2) is 4.98 Å². The molecular weight excluding hydrogens is 293 g/mol. The number of benzene rings is 2. The molecule has 100 valence electrons. The van der Waals surface area contributed by atoms with Gasteiger partial charge in [0.2, 0.25) is 0 Å². The quantitative estimate of drug-likeness (QED) is 0.664. The van der Waals surface area contributed by atoms with Crippen molar-refractivity contribution in [2.24, 2.45) is 0 Å². The van der Waals surface area contributed by atoms with Gasteiger partial charge >= 0.3 is 0 Å². The number of aromatic nitrogens is 1. The van der Waals surface area contributed by atoms with Crippen molar-refractivity contribution in [3.63, 3.8) is 0 Å². The van der Waals surface area contributed by atoms with E-state index in [0.29, 0.717) is 21.4 Å².